The van der Waals surface area contributed by atoms with Gasteiger partial charge in [-0.25, -0.2) is 9.13 Å². The van der Waals surface area contributed by atoms with Gasteiger partial charge in [-0.3, -0.25) is 37.3 Å². The monoisotopic (exact) mass is 1380 g/mol. The van der Waals surface area contributed by atoms with Gasteiger partial charge in [0, 0.05) is 25.7 Å². The molecule has 0 radical (unpaired) electrons. The maximum absolute atomic E-state index is 13.1. The quantitative estimate of drug-likeness (QED) is 0.0222. The van der Waals surface area contributed by atoms with Gasteiger partial charge in [0.2, 0.25) is 0 Å². The predicted molar refractivity (Wildman–Crippen MR) is 381 cm³/mol. The zero-order chi connectivity index (χ0) is 69.3. The highest BCUT2D eigenvalue weighted by Gasteiger charge is 2.30. The molecule has 0 amide bonds. The lowest BCUT2D eigenvalue weighted by molar-refractivity contribution is -0.161. The Bertz CT molecular complexity index is 1820. The van der Waals surface area contributed by atoms with E-state index in [4.69, 9.17) is 37.0 Å². The zero-order valence-corrected chi connectivity index (χ0v) is 63.1. The molecule has 0 bridgehead atoms. The molecule has 94 heavy (non-hydrogen) atoms. The predicted octanol–water partition coefficient (Wildman–Crippen LogP) is 21.9. The van der Waals surface area contributed by atoms with Crippen molar-refractivity contribution < 1.29 is 80.2 Å². The number of esters is 4. The number of carbonyl (C=O) groups is 4. The summed E-state index contributed by atoms with van der Waals surface area (Å²) in [5, 5.41) is 10.6. The lowest BCUT2D eigenvalue weighted by Crippen LogP contribution is -2.30. The van der Waals surface area contributed by atoms with E-state index in [1.54, 1.807) is 0 Å². The molecule has 0 aromatic heterocycles. The number of unbranched alkanes of at least 4 members (excludes halogenated alkanes) is 42. The van der Waals surface area contributed by atoms with Gasteiger partial charge in [-0.1, -0.05) is 337 Å². The average Bonchev–Trinajstić information content (AvgIpc) is 1.13. The summed E-state index contributed by atoms with van der Waals surface area (Å²) in [5.74, 6) is -0.539. The van der Waals surface area contributed by atoms with Crippen molar-refractivity contribution >= 4 is 39.5 Å². The van der Waals surface area contributed by atoms with Crippen molar-refractivity contribution in [1.82, 2.24) is 0 Å². The number of phosphoric ester groups is 2. The number of phosphoric acid groups is 2. The molecule has 4 unspecified atom stereocenters. The molecule has 0 saturated heterocycles. The summed E-state index contributed by atoms with van der Waals surface area (Å²) >= 11 is 0. The first-order valence-corrected chi connectivity index (χ1v) is 42.1. The van der Waals surface area contributed by atoms with Crippen molar-refractivity contribution in [3.63, 3.8) is 0 Å². The normalized spacial score (nSPS) is 14.6. The fourth-order valence-corrected chi connectivity index (χ4v) is 13.0. The maximum atomic E-state index is 13.1. The summed E-state index contributed by atoms with van der Waals surface area (Å²) in [6.07, 6.45) is 53.9. The lowest BCUT2D eigenvalue weighted by atomic mass is 9.99. The molecule has 0 heterocycles. The molecular formula is C75H146O17P2. The Balaban J connectivity index is 5.25. The van der Waals surface area contributed by atoms with Crippen molar-refractivity contribution in [1.29, 1.82) is 0 Å². The highest BCUT2D eigenvalue weighted by molar-refractivity contribution is 7.47. The Hall–Kier alpha value is -1.94. The van der Waals surface area contributed by atoms with Crippen LogP contribution in [0.4, 0.5) is 0 Å². The smallest absolute Gasteiger partial charge is 0.462 e. The van der Waals surface area contributed by atoms with Crippen LogP contribution in [0.3, 0.4) is 0 Å². The Morgan fingerprint density at radius 3 is 0.755 bits per heavy atom. The number of rotatable bonds is 74. The molecule has 3 N–H and O–H groups in total. The van der Waals surface area contributed by atoms with Crippen molar-refractivity contribution in [3.8, 4) is 0 Å². The van der Waals surface area contributed by atoms with Gasteiger partial charge in [0.05, 0.1) is 26.4 Å². The van der Waals surface area contributed by atoms with Gasteiger partial charge < -0.3 is 33.8 Å². The van der Waals surface area contributed by atoms with Crippen molar-refractivity contribution in [2.24, 2.45) is 11.8 Å². The van der Waals surface area contributed by atoms with Crippen molar-refractivity contribution in [2.75, 3.05) is 39.6 Å². The third-order valence-corrected chi connectivity index (χ3v) is 20.1. The zero-order valence-electron chi connectivity index (χ0n) is 61.3. The number of ether oxygens (including phenoxy) is 4. The summed E-state index contributed by atoms with van der Waals surface area (Å²) in [4.78, 5) is 72.8. The molecule has 7 atom stereocenters. The largest absolute Gasteiger partial charge is 0.472 e. The minimum absolute atomic E-state index is 0.107. The Kier molecular flexibility index (Phi) is 65.5. The van der Waals surface area contributed by atoms with Crippen LogP contribution >= 0.6 is 15.6 Å². The molecule has 0 aliphatic carbocycles. The van der Waals surface area contributed by atoms with Crippen molar-refractivity contribution in [2.45, 2.75) is 407 Å². The second-order valence-electron chi connectivity index (χ2n) is 27.5. The van der Waals surface area contributed by atoms with Gasteiger partial charge in [-0.05, 0) is 37.5 Å². The summed E-state index contributed by atoms with van der Waals surface area (Å²) in [5.41, 5.74) is 0. The van der Waals surface area contributed by atoms with E-state index in [0.717, 1.165) is 108 Å². The van der Waals surface area contributed by atoms with E-state index in [-0.39, 0.29) is 25.7 Å². The second kappa shape index (κ2) is 66.9. The van der Waals surface area contributed by atoms with Crippen LogP contribution < -0.4 is 0 Å². The first-order valence-electron chi connectivity index (χ1n) is 39.1. The minimum atomic E-state index is -4.96. The SMILES string of the molecule is CCCCCCCCCCCCCCCC(=O)OC[C@H](COP(=O)(O)OC[C@@H](O)COP(=O)(O)OC[C@@H](COC(=O)CCCCCCCCC(C)CC)OC(=O)CCCCCCCCCCCCCCC)OC(=O)CCCCCCCCCCCCCCCCC(C)CC. The van der Waals surface area contributed by atoms with Crippen LogP contribution in [0.25, 0.3) is 0 Å². The van der Waals surface area contributed by atoms with E-state index in [1.165, 1.54) is 199 Å². The fraction of sp³-hybridized carbons (Fsp3) is 0.947. The summed E-state index contributed by atoms with van der Waals surface area (Å²) in [6, 6.07) is 0. The molecule has 0 saturated carbocycles. The number of hydrogen-bond donors (Lipinski definition) is 3. The van der Waals surface area contributed by atoms with E-state index >= 15 is 0 Å². The van der Waals surface area contributed by atoms with Crippen LogP contribution in [0.5, 0.6) is 0 Å². The number of aliphatic hydroxyl groups is 1. The topological polar surface area (TPSA) is 237 Å². The van der Waals surface area contributed by atoms with Gasteiger partial charge in [0.15, 0.2) is 12.2 Å². The highest BCUT2D eigenvalue weighted by atomic mass is 31.2. The van der Waals surface area contributed by atoms with Gasteiger partial charge in [0.25, 0.3) is 0 Å². The van der Waals surface area contributed by atoms with Gasteiger partial charge in [-0.15, -0.1) is 0 Å². The minimum Gasteiger partial charge on any atom is -0.462 e. The van der Waals surface area contributed by atoms with Crippen LogP contribution in [-0.2, 0) is 65.4 Å². The third kappa shape index (κ3) is 66.0. The Morgan fingerprint density at radius 1 is 0.298 bits per heavy atom. The third-order valence-electron chi connectivity index (χ3n) is 18.2. The molecule has 0 spiro atoms. The van der Waals surface area contributed by atoms with Gasteiger partial charge >= 0.3 is 39.5 Å². The molecule has 0 aliphatic heterocycles. The molecule has 0 aliphatic rings. The van der Waals surface area contributed by atoms with E-state index in [2.05, 4.69) is 41.5 Å². The van der Waals surface area contributed by atoms with Crippen LogP contribution in [0, 0.1) is 11.8 Å². The molecule has 17 nitrogen and oxygen atoms in total. The van der Waals surface area contributed by atoms with Crippen LogP contribution in [-0.4, -0.2) is 96.7 Å². The summed E-state index contributed by atoms with van der Waals surface area (Å²) < 4.78 is 68.5. The highest BCUT2D eigenvalue weighted by Crippen LogP contribution is 2.45. The molecule has 19 heteroatoms. The molecule has 0 aromatic rings. The van der Waals surface area contributed by atoms with Gasteiger partial charge in [-0.2, -0.15) is 0 Å². The Labute approximate surface area is 575 Å². The second-order valence-corrected chi connectivity index (χ2v) is 30.4. The maximum Gasteiger partial charge on any atom is 0.472 e. The molecule has 0 rings (SSSR count). The fourth-order valence-electron chi connectivity index (χ4n) is 11.4. The van der Waals surface area contributed by atoms with E-state index in [9.17, 15) is 43.2 Å². The standard InChI is InChI=1S/C75H146O17P2/c1-7-11-13-15-17-19-21-25-30-34-38-45-51-57-72(77)85-63-70(91-74(79)60-54-48-40-36-32-28-24-23-27-29-33-37-43-49-55-67(5)9-3)65-89-93(81,82)87-61-69(76)62-88-94(83,84)90-66-71(64-86-73(78)58-52-46-42-41-44-50-56-68(6)10-4)92-75(80)59-53-47-39-35-31-26-22-20-18-16-14-12-8-2/h67-71,76H,7-66H2,1-6H3,(H,81,82)(H,83,84)/t67?,68?,69-,70-,71-/m1/s1. The number of carbonyl (C=O) groups excluding carboxylic acids is 4. The molecule has 558 valence electrons. The summed E-state index contributed by atoms with van der Waals surface area (Å²) in [6.45, 7) is 9.61. The average molecular weight is 1380 g/mol. The Morgan fingerprint density at radius 2 is 0.511 bits per heavy atom. The van der Waals surface area contributed by atoms with Crippen LogP contribution in [0.1, 0.15) is 388 Å². The van der Waals surface area contributed by atoms with Gasteiger partial charge in [0.1, 0.15) is 19.3 Å². The van der Waals surface area contributed by atoms with E-state index in [0.29, 0.717) is 25.7 Å². The first kappa shape index (κ1) is 92.1. The van der Waals surface area contributed by atoms with E-state index in [1.807, 2.05) is 0 Å². The molecular weight excluding hydrogens is 1230 g/mol. The number of aliphatic hydroxyl groups excluding tert-OH is 1. The number of hydrogen-bond acceptors (Lipinski definition) is 15. The summed E-state index contributed by atoms with van der Waals surface area (Å²) in [7, 11) is -9.91. The van der Waals surface area contributed by atoms with Crippen LogP contribution in [0.2, 0.25) is 0 Å². The van der Waals surface area contributed by atoms with E-state index < -0.39 is 97.5 Å². The van der Waals surface area contributed by atoms with Crippen LogP contribution in [0.15, 0.2) is 0 Å². The molecule has 0 aromatic carbocycles. The van der Waals surface area contributed by atoms with Crippen molar-refractivity contribution in [3.05, 3.63) is 0 Å². The first-order chi connectivity index (χ1) is 45.4. The molecule has 0 fully saturated rings. The lowest BCUT2D eigenvalue weighted by Gasteiger charge is -2.21.